The number of nitro benzene ring substituents is 1. The zero-order chi connectivity index (χ0) is 22.3. The van der Waals surface area contributed by atoms with E-state index in [1.807, 2.05) is 0 Å². The first-order valence-electron chi connectivity index (χ1n) is 8.72. The Morgan fingerprint density at radius 2 is 1.68 bits per heavy atom. The fourth-order valence-electron chi connectivity index (χ4n) is 3.19. The maximum Gasteiger partial charge on any atom is 0.271 e. The summed E-state index contributed by atoms with van der Waals surface area (Å²) in [5.74, 6) is -3.20. The number of fused-ring (bicyclic) bond motifs is 1. The van der Waals surface area contributed by atoms with Gasteiger partial charge in [0, 0.05) is 29.3 Å². The first-order chi connectivity index (χ1) is 14.7. The van der Waals surface area contributed by atoms with E-state index in [2.05, 4.69) is 4.98 Å². The van der Waals surface area contributed by atoms with Gasteiger partial charge in [0.25, 0.3) is 5.69 Å². The van der Waals surface area contributed by atoms with Crippen molar-refractivity contribution in [1.82, 2.24) is 4.98 Å². The topological polar surface area (TPSA) is 90.2 Å². The molecule has 31 heavy (non-hydrogen) atoms. The van der Waals surface area contributed by atoms with Gasteiger partial charge in [0.2, 0.25) is 9.84 Å². The number of halogens is 3. The number of hydrogen-bond donors (Lipinski definition) is 0. The highest BCUT2D eigenvalue weighted by molar-refractivity contribution is 7.91. The molecular weight excluding hydrogens is 433 g/mol. The Hall–Kier alpha value is -3.79. The lowest BCUT2D eigenvalue weighted by Gasteiger charge is -2.14. The monoisotopic (exact) mass is 444 g/mol. The van der Waals surface area contributed by atoms with Crippen LogP contribution in [0, 0.1) is 27.6 Å². The van der Waals surface area contributed by atoms with Crippen LogP contribution in [0.1, 0.15) is 0 Å². The maximum atomic E-state index is 13.9. The molecule has 0 aliphatic heterocycles. The first kappa shape index (κ1) is 20.5. The molecule has 0 saturated heterocycles. The molecule has 0 aliphatic carbocycles. The number of non-ortho nitro benzene ring substituents is 1. The summed E-state index contributed by atoms with van der Waals surface area (Å²) in [6.07, 6.45) is 0.961. The minimum atomic E-state index is -4.41. The summed E-state index contributed by atoms with van der Waals surface area (Å²) in [7, 11) is -4.41. The second-order valence-corrected chi connectivity index (χ2v) is 8.46. The number of nitrogens with zero attached hydrogens (tertiary/aromatic N) is 2. The molecule has 1 aromatic heterocycles. The molecule has 0 spiro atoms. The van der Waals surface area contributed by atoms with Crippen LogP contribution in [0.5, 0.6) is 0 Å². The van der Waals surface area contributed by atoms with Gasteiger partial charge in [-0.05, 0) is 42.0 Å². The largest absolute Gasteiger partial charge is 0.271 e. The van der Waals surface area contributed by atoms with Gasteiger partial charge in [-0.25, -0.2) is 21.6 Å². The number of hydrogen-bond acceptors (Lipinski definition) is 5. The molecule has 156 valence electrons. The molecule has 10 heteroatoms. The minimum absolute atomic E-state index is 0.0316. The number of aromatic nitrogens is 1. The Kier molecular flexibility index (Phi) is 4.94. The second kappa shape index (κ2) is 7.47. The fraction of sp³-hybridized carbons (Fsp3) is 0. The quantitative estimate of drug-likeness (QED) is 0.249. The van der Waals surface area contributed by atoms with E-state index in [0.29, 0.717) is 12.1 Å². The molecule has 0 radical (unpaired) electrons. The van der Waals surface area contributed by atoms with Crippen molar-refractivity contribution in [1.29, 1.82) is 0 Å². The third-order valence-electron chi connectivity index (χ3n) is 4.63. The zero-order valence-electron chi connectivity index (χ0n) is 15.4. The van der Waals surface area contributed by atoms with Crippen molar-refractivity contribution in [2.45, 2.75) is 9.79 Å². The van der Waals surface area contributed by atoms with Crippen molar-refractivity contribution in [3.05, 3.63) is 94.4 Å². The smallest absolute Gasteiger partial charge is 0.258 e. The zero-order valence-corrected chi connectivity index (χ0v) is 16.2. The van der Waals surface area contributed by atoms with Crippen LogP contribution in [0.15, 0.2) is 76.7 Å². The van der Waals surface area contributed by atoms with Gasteiger partial charge in [0.1, 0.15) is 5.82 Å². The summed E-state index contributed by atoms with van der Waals surface area (Å²) in [5, 5.41) is 11.3. The van der Waals surface area contributed by atoms with Crippen LogP contribution in [-0.2, 0) is 9.84 Å². The van der Waals surface area contributed by atoms with E-state index in [-0.39, 0.29) is 32.6 Å². The molecule has 0 atom stereocenters. The van der Waals surface area contributed by atoms with Gasteiger partial charge < -0.3 is 0 Å². The molecule has 1 heterocycles. The van der Waals surface area contributed by atoms with Crippen LogP contribution in [0.4, 0.5) is 18.9 Å². The van der Waals surface area contributed by atoms with Crippen molar-refractivity contribution in [2.24, 2.45) is 0 Å². The van der Waals surface area contributed by atoms with E-state index in [9.17, 15) is 31.7 Å². The fourth-order valence-corrected chi connectivity index (χ4v) is 4.64. The Morgan fingerprint density at radius 3 is 2.35 bits per heavy atom. The molecule has 0 fully saturated rings. The number of benzene rings is 3. The molecule has 0 saturated carbocycles. The van der Waals surface area contributed by atoms with E-state index in [1.54, 1.807) is 0 Å². The molecular formula is C21H11F3N2O4S. The van der Waals surface area contributed by atoms with Gasteiger partial charge in [-0.2, -0.15) is 0 Å². The van der Waals surface area contributed by atoms with Gasteiger partial charge in [0.15, 0.2) is 11.6 Å². The van der Waals surface area contributed by atoms with Gasteiger partial charge in [-0.3, -0.25) is 15.1 Å². The highest BCUT2D eigenvalue weighted by atomic mass is 32.2. The molecule has 6 nitrogen and oxygen atoms in total. The number of nitro groups is 1. The molecule has 0 amide bonds. The molecule has 4 aromatic rings. The molecule has 3 aromatic carbocycles. The van der Waals surface area contributed by atoms with E-state index in [4.69, 9.17) is 0 Å². The van der Waals surface area contributed by atoms with Crippen molar-refractivity contribution < 1.29 is 26.5 Å². The summed E-state index contributed by atoms with van der Waals surface area (Å²) >= 11 is 0. The lowest BCUT2D eigenvalue weighted by molar-refractivity contribution is -0.384. The third kappa shape index (κ3) is 3.61. The summed E-state index contributed by atoms with van der Waals surface area (Å²) < 4.78 is 67.5. The highest BCUT2D eigenvalue weighted by Gasteiger charge is 2.26. The van der Waals surface area contributed by atoms with Crippen LogP contribution in [-0.4, -0.2) is 18.3 Å². The van der Waals surface area contributed by atoms with Crippen molar-refractivity contribution in [3.8, 4) is 11.1 Å². The van der Waals surface area contributed by atoms with Gasteiger partial charge in [-0.1, -0.05) is 12.1 Å². The van der Waals surface area contributed by atoms with Crippen LogP contribution >= 0.6 is 0 Å². The average Bonchev–Trinajstić information content (AvgIpc) is 2.74. The molecule has 0 bridgehead atoms. The van der Waals surface area contributed by atoms with E-state index in [1.165, 1.54) is 30.3 Å². The first-order valence-corrected chi connectivity index (χ1v) is 10.2. The van der Waals surface area contributed by atoms with Crippen LogP contribution in [0.3, 0.4) is 0 Å². The van der Waals surface area contributed by atoms with Crippen LogP contribution < -0.4 is 0 Å². The molecule has 4 rings (SSSR count). The standard InChI is InChI=1S/C21H11F3N2O4S/c22-13-3-1-2-12(8-13)21-16-6-4-14(26(27)28)9-19(16)25-11-20(21)31(29,30)15-5-7-17(23)18(24)10-15/h1-11H. The lowest BCUT2D eigenvalue weighted by atomic mass is 10.0. The van der Waals surface area contributed by atoms with E-state index >= 15 is 0 Å². The lowest BCUT2D eigenvalue weighted by Crippen LogP contribution is -2.07. The second-order valence-electron chi connectivity index (χ2n) is 6.55. The Morgan fingerprint density at radius 1 is 0.903 bits per heavy atom. The third-order valence-corrected chi connectivity index (χ3v) is 6.40. The van der Waals surface area contributed by atoms with Gasteiger partial charge >= 0.3 is 0 Å². The Bertz CT molecular complexity index is 1470. The number of pyridine rings is 1. The summed E-state index contributed by atoms with van der Waals surface area (Å²) in [6.45, 7) is 0. The van der Waals surface area contributed by atoms with E-state index < -0.39 is 37.1 Å². The number of sulfone groups is 1. The predicted octanol–water partition coefficient (Wildman–Crippen LogP) is 5.06. The molecule has 0 N–H and O–H groups in total. The normalized spacial score (nSPS) is 11.6. The number of rotatable bonds is 4. The van der Waals surface area contributed by atoms with Crippen molar-refractivity contribution in [2.75, 3.05) is 0 Å². The maximum absolute atomic E-state index is 13.9. The molecule has 0 aliphatic rings. The SMILES string of the molecule is O=[N+]([O-])c1ccc2c(-c3cccc(F)c3)c(S(=O)(=O)c3ccc(F)c(F)c3)cnc2c1. The van der Waals surface area contributed by atoms with Gasteiger partial charge in [0.05, 0.1) is 20.2 Å². The summed E-state index contributed by atoms with van der Waals surface area (Å²) in [5.41, 5.74) is 0.0469. The Labute approximate surface area is 173 Å². The Balaban J connectivity index is 2.07. The van der Waals surface area contributed by atoms with E-state index in [0.717, 1.165) is 24.4 Å². The van der Waals surface area contributed by atoms with Crippen LogP contribution in [0.2, 0.25) is 0 Å². The molecule has 0 unspecified atom stereocenters. The summed E-state index contributed by atoms with van der Waals surface area (Å²) in [4.78, 5) is 13.6. The highest BCUT2D eigenvalue weighted by Crippen LogP contribution is 2.37. The van der Waals surface area contributed by atoms with Crippen molar-refractivity contribution in [3.63, 3.8) is 0 Å². The summed E-state index contributed by atoms with van der Waals surface area (Å²) in [6, 6.07) is 10.9. The van der Waals surface area contributed by atoms with Crippen molar-refractivity contribution >= 4 is 26.4 Å². The minimum Gasteiger partial charge on any atom is -0.258 e. The van der Waals surface area contributed by atoms with Gasteiger partial charge in [-0.15, -0.1) is 0 Å². The van der Waals surface area contributed by atoms with Crippen LogP contribution in [0.25, 0.3) is 22.0 Å². The predicted molar refractivity (Wildman–Crippen MR) is 106 cm³/mol. The average molecular weight is 444 g/mol.